The van der Waals surface area contributed by atoms with E-state index >= 15 is 0 Å². The van der Waals surface area contributed by atoms with Gasteiger partial charge in [-0.3, -0.25) is 4.40 Å². The zero-order valence-corrected chi connectivity index (χ0v) is 17.0. The van der Waals surface area contributed by atoms with E-state index < -0.39 is 0 Å². The van der Waals surface area contributed by atoms with Crippen molar-refractivity contribution in [3.8, 4) is 11.1 Å². The molecule has 1 aliphatic rings. The maximum atomic E-state index is 5.16. The Morgan fingerprint density at radius 3 is 2.48 bits per heavy atom. The van der Waals surface area contributed by atoms with Crippen molar-refractivity contribution >= 4 is 44.4 Å². The normalized spacial score (nSPS) is 13.4. The molecule has 0 saturated heterocycles. The molecule has 0 N–H and O–H groups in total. The number of aromatic nitrogens is 2. The van der Waals surface area contributed by atoms with Gasteiger partial charge in [0.25, 0.3) is 0 Å². The van der Waals surface area contributed by atoms with Gasteiger partial charge in [0.05, 0.1) is 16.6 Å². The third-order valence-electron chi connectivity index (χ3n) is 6.61. The summed E-state index contributed by atoms with van der Waals surface area (Å²) in [6, 6.07) is 30.6. The number of allylic oxidation sites excluding steroid dienone is 1. The lowest BCUT2D eigenvalue weighted by atomic mass is 9.95. The fourth-order valence-corrected chi connectivity index (χ4v) is 5.12. The molecule has 2 aromatic heterocycles. The van der Waals surface area contributed by atoms with Crippen LogP contribution in [-0.2, 0) is 6.42 Å². The summed E-state index contributed by atoms with van der Waals surface area (Å²) < 4.78 is 2.35. The molecule has 146 valence electrons. The van der Waals surface area contributed by atoms with Crippen LogP contribution in [0.3, 0.4) is 0 Å². The minimum atomic E-state index is 1.04. The van der Waals surface area contributed by atoms with Crippen LogP contribution in [0.15, 0.2) is 91.0 Å². The molecule has 0 atom stereocenters. The number of benzene rings is 4. The number of para-hydroxylation sites is 1. The predicted molar refractivity (Wildman–Crippen MR) is 131 cm³/mol. The van der Waals surface area contributed by atoms with E-state index in [9.17, 15) is 0 Å². The Kier molecular flexibility index (Phi) is 3.42. The lowest BCUT2D eigenvalue weighted by molar-refractivity contribution is 0.984. The number of rotatable bonds is 1. The topological polar surface area (TPSA) is 17.3 Å². The summed E-state index contributed by atoms with van der Waals surface area (Å²) in [6.45, 7) is 0. The highest BCUT2D eigenvalue weighted by atomic mass is 15.0. The first-order valence-corrected chi connectivity index (χ1v) is 10.9. The Morgan fingerprint density at radius 1 is 0.710 bits per heavy atom. The van der Waals surface area contributed by atoms with Crippen molar-refractivity contribution in [3.05, 3.63) is 102 Å². The number of aryl methyl sites for hydroxylation is 1. The molecule has 2 heteroatoms. The van der Waals surface area contributed by atoms with E-state index in [1.165, 1.54) is 49.4 Å². The summed E-state index contributed by atoms with van der Waals surface area (Å²) in [5.74, 6) is 0. The first-order chi connectivity index (χ1) is 15.4. The van der Waals surface area contributed by atoms with E-state index in [-0.39, 0.29) is 0 Å². The van der Waals surface area contributed by atoms with E-state index in [1.54, 1.807) is 0 Å². The van der Waals surface area contributed by atoms with E-state index in [0.717, 1.165) is 24.0 Å². The minimum absolute atomic E-state index is 1.04. The molecule has 31 heavy (non-hydrogen) atoms. The van der Waals surface area contributed by atoms with Crippen LogP contribution in [0.25, 0.3) is 55.6 Å². The van der Waals surface area contributed by atoms with E-state index in [0.29, 0.717) is 0 Å². The molecule has 4 aromatic carbocycles. The summed E-state index contributed by atoms with van der Waals surface area (Å²) >= 11 is 0. The van der Waals surface area contributed by atoms with Crippen LogP contribution in [0.2, 0.25) is 0 Å². The highest BCUT2D eigenvalue weighted by Crippen LogP contribution is 2.35. The average molecular weight is 396 g/mol. The highest BCUT2D eigenvalue weighted by Gasteiger charge is 2.18. The van der Waals surface area contributed by atoms with Crippen molar-refractivity contribution < 1.29 is 0 Å². The molecule has 0 saturated carbocycles. The fraction of sp³-hybridized carbons (Fsp3) is 0.0690. The molecule has 0 bridgehead atoms. The Morgan fingerprint density at radius 2 is 1.52 bits per heavy atom. The Labute approximate surface area is 180 Å². The molecular weight excluding hydrogens is 376 g/mol. The van der Waals surface area contributed by atoms with Crippen molar-refractivity contribution in [2.45, 2.75) is 12.8 Å². The lowest BCUT2D eigenvalue weighted by Crippen LogP contribution is -2.01. The summed E-state index contributed by atoms with van der Waals surface area (Å²) in [5.41, 5.74) is 9.69. The number of fused-ring (bicyclic) bond motifs is 9. The zero-order chi connectivity index (χ0) is 20.4. The molecule has 2 nitrogen and oxygen atoms in total. The monoisotopic (exact) mass is 396 g/mol. The minimum Gasteiger partial charge on any atom is -0.292 e. The average Bonchev–Trinajstić information content (AvgIpc) is 3.23. The fourth-order valence-electron chi connectivity index (χ4n) is 5.12. The van der Waals surface area contributed by atoms with Crippen molar-refractivity contribution in [1.82, 2.24) is 9.38 Å². The Bertz CT molecular complexity index is 1680. The molecule has 6 aromatic rings. The number of hydrogen-bond donors (Lipinski definition) is 0. The van der Waals surface area contributed by atoms with Crippen LogP contribution in [0.4, 0.5) is 0 Å². The van der Waals surface area contributed by atoms with Gasteiger partial charge < -0.3 is 0 Å². The van der Waals surface area contributed by atoms with Gasteiger partial charge in [0, 0.05) is 10.9 Å². The molecule has 7 rings (SSSR count). The molecule has 0 aliphatic heterocycles. The Hall–Kier alpha value is -3.91. The van der Waals surface area contributed by atoms with Crippen LogP contribution in [0, 0.1) is 0 Å². The first-order valence-electron chi connectivity index (χ1n) is 10.9. The molecular formula is C29H20N2. The van der Waals surface area contributed by atoms with E-state index in [4.69, 9.17) is 4.98 Å². The second-order valence-corrected chi connectivity index (χ2v) is 8.39. The number of pyridine rings is 1. The second-order valence-electron chi connectivity index (χ2n) is 8.39. The molecule has 0 spiro atoms. The maximum Gasteiger partial charge on any atom is 0.142 e. The van der Waals surface area contributed by atoms with Crippen molar-refractivity contribution in [2.75, 3.05) is 0 Å². The van der Waals surface area contributed by atoms with E-state index in [2.05, 4.69) is 101 Å². The van der Waals surface area contributed by atoms with Gasteiger partial charge >= 0.3 is 0 Å². The molecule has 0 radical (unpaired) electrons. The van der Waals surface area contributed by atoms with Crippen LogP contribution in [0.1, 0.15) is 17.5 Å². The summed E-state index contributed by atoms with van der Waals surface area (Å²) in [4.78, 5) is 5.16. The smallest absolute Gasteiger partial charge is 0.142 e. The van der Waals surface area contributed by atoms with Gasteiger partial charge in [-0.05, 0) is 64.6 Å². The second kappa shape index (κ2) is 6.29. The van der Waals surface area contributed by atoms with Gasteiger partial charge in [-0.15, -0.1) is 0 Å². The van der Waals surface area contributed by atoms with E-state index in [1.807, 2.05) is 0 Å². The van der Waals surface area contributed by atoms with Gasteiger partial charge in [0.2, 0.25) is 0 Å². The van der Waals surface area contributed by atoms with Gasteiger partial charge in [0.15, 0.2) is 0 Å². The van der Waals surface area contributed by atoms with Gasteiger partial charge in [0.1, 0.15) is 5.65 Å². The number of hydrogen-bond acceptors (Lipinski definition) is 1. The summed E-state index contributed by atoms with van der Waals surface area (Å²) in [6.07, 6.45) is 6.68. The number of nitrogens with zero attached hydrogens (tertiary/aromatic N) is 2. The van der Waals surface area contributed by atoms with Gasteiger partial charge in [-0.25, -0.2) is 4.98 Å². The third-order valence-corrected chi connectivity index (χ3v) is 6.61. The van der Waals surface area contributed by atoms with Crippen molar-refractivity contribution in [2.24, 2.45) is 0 Å². The van der Waals surface area contributed by atoms with Gasteiger partial charge in [-0.2, -0.15) is 0 Å². The SMILES string of the molecule is C1=Cc2c(c3nc4cc(-c5ccc6ccccc6c5)ccc4n3c3ccccc23)CC1. The van der Waals surface area contributed by atoms with Crippen LogP contribution >= 0.6 is 0 Å². The van der Waals surface area contributed by atoms with Crippen molar-refractivity contribution in [3.63, 3.8) is 0 Å². The summed E-state index contributed by atoms with van der Waals surface area (Å²) in [5, 5.41) is 3.84. The Balaban J connectivity index is 1.53. The van der Waals surface area contributed by atoms with Crippen LogP contribution < -0.4 is 0 Å². The predicted octanol–water partition coefficient (Wildman–Crippen LogP) is 7.42. The molecule has 0 fully saturated rings. The van der Waals surface area contributed by atoms with Crippen molar-refractivity contribution in [1.29, 1.82) is 0 Å². The maximum absolute atomic E-state index is 5.16. The van der Waals surface area contributed by atoms with Crippen LogP contribution in [-0.4, -0.2) is 9.38 Å². The molecule has 0 unspecified atom stereocenters. The first kappa shape index (κ1) is 16.8. The van der Waals surface area contributed by atoms with Gasteiger partial charge in [-0.1, -0.05) is 72.8 Å². The number of imidazole rings is 1. The quantitative estimate of drug-likeness (QED) is 0.283. The summed E-state index contributed by atoms with van der Waals surface area (Å²) in [7, 11) is 0. The lowest BCUT2D eigenvalue weighted by Gasteiger charge is -2.16. The molecule has 1 aliphatic carbocycles. The largest absolute Gasteiger partial charge is 0.292 e. The standard InChI is InChI=1S/C29H20N2/c1-2-8-20-17-21(14-13-19(20)7-1)22-15-16-28-26(18-22)30-29-25-11-4-3-9-23(25)24-10-5-6-12-27(24)31(28)29/h1-3,5-10,12-18H,4,11H2. The zero-order valence-electron chi connectivity index (χ0n) is 17.0. The molecule has 0 amide bonds. The highest BCUT2D eigenvalue weighted by molar-refractivity contribution is 5.99. The molecule has 2 heterocycles. The third kappa shape index (κ3) is 2.42. The van der Waals surface area contributed by atoms with Crippen LogP contribution in [0.5, 0.6) is 0 Å².